The van der Waals surface area contributed by atoms with E-state index in [0.717, 1.165) is 11.4 Å². The largest absolute Gasteiger partial charge is 0.347 e. The van der Waals surface area contributed by atoms with Gasteiger partial charge in [0.2, 0.25) is 5.91 Å². The van der Waals surface area contributed by atoms with Crippen molar-refractivity contribution in [3.05, 3.63) is 48.5 Å². The first-order chi connectivity index (χ1) is 12.6. The fourth-order valence-corrected chi connectivity index (χ4v) is 3.25. The fourth-order valence-electron chi connectivity index (χ4n) is 2.45. The maximum absolute atomic E-state index is 12.1. The summed E-state index contributed by atoms with van der Waals surface area (Å²) in [6.07, 6.45) is 5.14. The SMILES string of the molecule is CCn1c(SCC(=O)NC(=O)c2cccn2C)nnc1-c1ccncc1. The number of nitrogens with zero attached hydrogens (tertiary/aromatic N) is 5. The Labute approximate surface area is 154 Å². The number of nitrogens with one attached hydrogen (secondary N) is 1. The van der Waals surface area contributed by atoms with Crippen molar-refractivity contribution in [1.29, 1.82) is 0 Å². The van der Waals surface area contributed by atoms with Gasteiger partial charge < -0.3 is 9.13 Å². The van der Waals surface area contributed by atoms with Gasteiger partial charge in [0.1, 0.15) is 5.69 Å². The predicted octanol–water partition coefficient (Wildman–Crippen LogP) is 1.75. The first-order valence-electron chi connectivity index (χ1n) is 8.02. The molecular formula is C17H18N6O2S. The summed E-state index contributed by atoms with van der Waals surface area (Å²) < 4.78 is 3.58. The molecule has 9 heteroatoms. The zero-order valence-corrected chi connectivity index (χ0v) is 15.2. The van der Waals surface area contributed by atoms with Crippen LogP contribution in [0.15, 0.2) is 48.0 Å². The Hall–Kier alpha value is -2.94. The Morgan fingerprint density at radius 3 is 2.62 bits per heavy atom. The van der Waals surface area contributed by atoms with Crippen LogP contribution >= 0.6 is 11.8 Å². The molecule has 0 spiro atoms. The molecule has 0 atom stereocenters. The quantitative estimate of drug-likeness (QED) is 0.664. The Bertz CT molecular complexity index is 918. The molecule has 8 nitrogen and oxygen atoms in total. The van der Waals surface area contributed by atoms with E-state index >= 15 is 0 Å². The minimum Gasteiger partial charge on any atom is -0.347 e. The molecule has 0 saturated carbocycles. The third kappa shape index (κ3) is 3.83. The van der Waals surface area contributed by atoms with Crippen molar-refractivity contribution in [2.75, 3.05) is 5.75 Å². The normalized spacial score (nSPS) is 10.7. The molecule has 134 valence electrons. The molecule has 0 aliphatic carbocycles. The van der Waals surface area contributed by atoms with Crippen LogP contribution in [0.3, 0.4) is 0 Å². The maximum Gasteiger partial charge on any atom is 0.274 e. The first-order valence-corrected chi connectivity index (χ1v) is 9.00. The topological polar surface area (TPSA) is 94.7 Å². The summed E-state index contributed by atoms with van der Waals surface area (Å²) in [4.78, 5) is 28.1. The highest BCUT2D eigenvalue weighted by Gasteiger charge is 2.16. The second-order valence-electron chi connectivity index (χ2n) is 5.46. The average Bonchev–Trinajstić information content (AvgIpc) is 3.26. The smallest absolute Gasteiger partial charge is 0.274 e. The van der Waals surface area contributed by atoms with Crippen LogP contribution in [0, 0.1) is 0 Å². The molecule has 3 heterocycles. The monoisotopic (exact) mass is 370 g/mol. The van der Waals surface area contributed by atoms with Gasteiger partial charge in [0.05, 0.1) is 5.75 Å². The summed E-state index contributed by atoms with van der Waals surface area (Å²) >= 11 is 1.24. The van der Waals surface area contributed by atoms with E-state index in [4.69, 9.17) is 0 Å². The van der Waals surface area contributed by atoms with Crippen LogP contribution in [-0.2, 0) is 18.4 Å². The van der Waals surface area contributed by atoms with E-state index in [1.807, 2.05) is 23.6 Å². The summed E-state index contributed by atoms with van der Waals surface area (Å²) in [7, 11) is 1.75. The molecule has 3 aromatic rings. The Kier molecular flexibility index (Phi) is 5.47. The number of rotatable bonds is 6. The predicted molar refractivity (Wildman–Crippen MR) is 97.5 cm³/mol. The first kappa shape index (κ1) is 17.9. The van der Waals surface area contributed by atoms with E-state index in [9.17, 15) is 9.59 Å². The summed E-state index contributed by atoms with van der Waals surface area (Å²) in [5.41, 5.74) is 1.34. The molecule has 2 amide bonds. The fraction of sp³-hybridized carbons (Fsp3) is 0.235. The van der Waals surface area contributed by atoms with Gasteiger partial charge in [-0.3, -0.25) is 19.9 Å². The number of hydrogen-bond acceptors (Lipinski definition) is 6. The van der Waals surface area contributed by atoms with Gasteiger partial charge in [-0.15, -0.1) is 10.2 Å². The van der Waals surface area contributed by atoms with Crippen molar-refractivity contribution in [1.82, 2.24) is 29.6 Å². The molecular weight excluding hydrogens is 352 g/mol. The zero-order chi connectivity index (χ0) is 18.5. The molecule has 0 saturated heterocycles. The lowest BCUT2D eigenvalue weighted by molar-refractivity contribution is -0.117. The molecule has 0 fully saturated rings. The van der Waals surface area contributed by atoms with Gasteiger partial charge in [0.15, 0.2) is 11.0 Å². The van der Waals surface area contributed by atoms with Crippen molar-refractivity contribution >= 4 is 23.6 Å². The van der Waals surface area contributed by atoms with E-state index in [1.165, 1.54) is 11.8 Å². The Morgan fingerprint density at radius 1 is 1.19 bits per heavy atom. The van der Waals surface area contributed by atoms with Crippen molar-refractivity contribution in [3.8, 4) is 11.4 Å². The zero-order valence-electron chi connectivity index (χ0n) is 14.4. The third-order valence-electron chi connectivity index (χ3n) is 3.73. The summed E-state index contributed by atoms with van der Waals surface area (Å²) in [6.45, 7) is 2.65. The van der Waals surface area contributed by atoms with Crippen LogP contribution in [0.2, 0.25) is 0 Å². The van der Waals surface area contributed by atoms with Crippen LogP contribution in [-0.4, -0.2) is 41.9 Å². The van der Waals surface area contributed by atoms with Crippen molar-refractivity contribution < 1.29 is 9.59 Å². The number of aryl methyl sites for hydroxylation is 1. The van der Waals surface area contributed by atoms with E-state index in [0.29, 0.717) is 17.4 Å². The second kappa shape index (κ2) is 7.96. The van der Waals surface area contributed by atoms with E-state index in [2.05, 4.69) is 20.5 Å². The minimum atomic E-state index is -0.419. The summed E-state index contributed by atoms with van der Waals surface area (Å²) in [5.74, 6) is -0.00230. The third-order valence-corrected chi connectivity index (χ3v) is 4.70. The van der Waals surface area contributed by atoms with Crippen molar-refractivity contribution in [3.63, 3.8) is 0 Å². The molecule has 0 aliphatic heterocycles. The highest BCUT2D eigenvalue weighted by Crippen LogP contribution is 2.23. The van der Waals surface area contributed by atoms with Crippen LogP contribution in [0.1, 0.15) is 17.4 Å². The van der Waals surface area contributed by atoms with E-state index in [-0.39, 0.29) is 11.7 Å². The van der Waals surface area contributed by atoms with Gasteiger partial charge in [-0.2, -0.15) is 0 Å². The van der Waals surface area contributed by atoms with E-state index < -0.39 is 5.91 Å². The molecule has 1 N–H and O–H groups in total. The van der Waals surface area contributed by atoms with E-state index in [1.54, 1.807) is 42.3 Å². The van der Waals surface area contributed by atoms with Gasteiger partial charge in [0.25, 0.3) is 5.91 Å². The van der Waals surface area contributed by atoms with Gasteiger partial charge >= 0.3 is 0 Å². The van der Waals surface area contributed by atoms with Gasteiger partial charge in [-0.25, -0.2) is 0 Å². The lowest BCUT2D eigenvalue weighted by atomic mass is 10.2. The van der Waals surface area contributed by atoms with Crippen LogP contribution in [0.25, 0.3) is 11.4 Å². The Balaban J connectivity index is 1.65. The standard InChI is InChI=1S/C17H18N6O2S/c1-3-23-15(12-6-8-18-9-7-12)20-21-17(23)26-11-14(24)19-16(25)13-5-4-10-22(13)2/h4-10H,3,11H2,1-2H3,(H,19,24,25). The van der Waals surface area contributed by atoms with Gasteiger partial charge in [-0.05, 0) is 31.2 Å². The van der Waals surface area contributed by atoms with Crippen molar-refractivity contribution in [2.45, 2.75) is 18.6 Å². The molecule has 0 radical (unpaired) electrons. The second-order valence-corrected chi connectivity index (χ2v) is 6.40. The number of imide groups is 1. The number of amides is 2. The van der Waals surface area contributed by atoms with Crippen LogP contribution in [0.5, 0.6) is 0 Å². The number of aromatic nitrogens is 5. The average molecular weight is 370 g/mol. The maximum atomic E-state index is 12.1. The number of carbonyl (C=O) groups excluding carboxylic acids is 2. The highest BCUT2D eigenvalue weighted by atomic mass is 32.2. The molecule has 0 aromatic carbocycles. The molecule has 26 heavy (non-hydrogen) atoms. The number of carbonyl (C=O) groups is 2. The molecule has 3 aromatic heterocycles. The molecule has 0 unspecified atom stereocenters. The summed E-state index contributed by atoms with van der Waals surface area (Å²) in [5, 5.41) is 11.4. The van der Waals surface area contributed by atoms with Crippen LogP contribution in [0.4, 0.5) is 0 Å². The number of pyridine rings is 1. The number of hydrogen-bond donors (Lipinski definition) is 1. The molecule has 0 bridgehead atoms. The lowest BCUT2D eigenvalue weighted by Crippen LogP contribution is -2.33. The lowest BCUT2D eigenvalue weighted by Gasteiger charge is -2.07. The van der Waals surface area contributed by atoms with Crippen LogP contribution < -0.4 is 5.32 Å². The Morgan fingerprint density at radius 2 is 1.96 bits per heavy atom. The number of thioether (sulfide) groups is 1. The van der Waals surface area contributed by atoms with Crippen molar-refractivity contribution in [2.24, 2.45) is 7.05 Å². The van der Waals surface area contributed by atoms with Gasteiger partial charge in [-0.1, -0.05) is 11.8 Å². The van der Waals surface area contributed by atoms with Gasteiger partial charge in [0, 0.05) is 37.7 Å². The minimum absolute atomic E-state index is 0.0740. The molecule has 3 rings (SSSR count). The molecule has 0 aliphatic rings. The summed E-state index contributed by atoms with van der Waals surface area (Å²) in [6, 6.07) is 7.12. The highest BCUT2D eigenvalue weighted by molar-refractivity contribution is 7.99.